The lowest BCUT2D eigenvalue weighted by Crippen LogP contribution is -2.47. The summed E-state index contributed by atoms with van der Waals surface area (Å²) in [7, 11) is -3.11. The van der Waals surface area contributed by atoms with Crippen molar-refractivity contribution in [2.45, 2.75) is 44.1 Å². The Morgan fingerprint density at radius 3 is 2.67 bits per heavy atom. The molecule has 118 valence electrons. The van der Waals surface area contributed by atoms with Crippen LogP contribution in [0.25, 0.3) is 0 Å². The quantitative estimate of drug-likeness (QED) is 0.871. The molecule has 0 amide bonds. The maximum absolute atomic E-state index is 12.2. The number of aliphatic hydroxyl groups excluding tert-OH is 1. The zero-order chi connectivity index (χ0) is 15.3. The van der Waals surface area contributed by atoms with Crippen molar-refractivity contribution in [2.75, 3.05) is 18.8 Å². The molecule has 2 unspecified atom stereocenters. The van der Waals surface area contributed by atoms with Crippen LogP contribution in [0.4, 0.5) is 0 Å². The first-order valence-corrected chi connectivity index (χ1v) is 9.46. The highest BCUT2D eigenvalue weighted by molar-refractivity contribution is 7.90. The van der Waals surface area contributed by atoms with Crippen LogP contribution in [-0.2, 0) is 15.6 Å². The number of aliphatic hydroxyl groups is 1. The van der Waals surface area contributed by atoms with Gasteiger partial charge in [0.2, 0.25) is 0 Å². The fraction of sp³-hybridized carbons (Fsp3) is 0.625. The molecular weight excluding hydrogens is 286 g/mol. The molecule has 0 aromatic heterocycles. The van der Waals surface area contributed by atoms with E-state index in [1.54, 1.807) is 6.92 Å². The first kappa shape index (κ1) is 16.5. The van der Waals surface area contributed by atoms with E-state index in [0.717, 1.165) is 31.4 Å². The molecule has 0 radical (unpaired) electrons. The van der Waals surface area contributed by atoms with E-state index in [2.05, 4.69) is 4.90 Å². The van der Waals surface area contributed by atoms with Gasteiger partial charge in [-0.05, 0) is 31.9 Å². The highest BCUT2D eigenvalue weighted by atomic mass is 32.2. The third kappa shape index (κ3) is 5.09. The van der Waals surface area contributed by atoms with Gasteiger partial charge in [-0.3, -0.25) is 4.90 Å². The van der Waals surface area contributed by atoms with Gasteiger partial charge in [-0.15, -0.1) is 0 Å². The van der Waals surface area contributed by atoms with Crippen molar-refractivity contribution >= 4 is 9.84 Å². The van der Waals surface area contributed by atoms with Crippen molar-refractivity contribution in [3.05, 3.63) is 35.9 Å². The molecule has 1 aromatic carbocycles. The van der Waals surface area contributed by atoms with E-state index >= 15 is 0 Å². The maximum Gasteiger partial charge on any atom is 0.155 e. The van der Waals surface area contributed by atoms with Crippen LogP contribution in [0.3, 0.4) is 0 Å². The lowest BCUT2D eigenvalue weighted by molar-refractivity contribution is 0.0403. The zero-order valence-corrected chi connectivity index (χ0v) is 13.4. The normalized spacial score (nSPS) is 22.1. The molecule has 1 heterocycles. The van der Waals surface area contributed by atoms with Crippen molar-refractivity contribution in [3.63, 3.8) is 0 Å². The second-order valence-electron chi connectivity index (χ2n) is 5.92. The summed E-state index contributed by atoms with van der Waals surface area (Å²) in [4.78, 5) is 2.14. The second kappa shape index (κ2) is 7.38. The molecule has 0 aliphatic carbocycles. The molecule has 1 N–H and O–H groups in total. The lowest BCUT2D eigenvalue weighted by Gasteiger charge is -2.37. The maximum atomic E-state index is 12.2. The van der Waals surface area contributed by atoms with Gasteiger partial charge in [0.05, 0.1) is 17.6 Å². The summed E-state index contributed by atoms with van der Waals surface area (Å²) >= 11 is 0. The van der Waals surface area contributed by atoms with E-state index in [1.807, 2.05) is 30.3 Å². The van der Waals surface area contributed by atoms with Gasteiger partial charge in [0.1, 0.15) is 0 Å². The van der Waals surface area contributed by atoms with Crippen LogP contribution in [0.2, 0.25) is 0 Å². The Kier molecular flexibility index (Phi) is 5.79. The highest BCUT2D eigenvalue weighted by Gasteiger charge is 2.27. The van der Waals surface area contributed by atoms with Gasteiger partial charge in [-0.2, -0.15) is 0 Å². The monoisotopic (exact) mass is 311 g/mol. The average molecular weight is 311 g/mol. The van der Waals surface area contributed by atoms with E-state index < -0.39 is 15.9 Å². The van der Waals surface area contributed by atoms with E-state index in [4.69, 9.17) is 0 Å². The number of sulfone groups is 1. The molecule has 0 spiro atoms. The molecule has 1 saturated heterocycles. The summed E-state index contributed by atoms with van der Waals surface area (Å²) in [5, 5.41) is 9.82. The van der Waals surface area contributed by atoms with Gasteiger partial charge < -0.3 is 5.11 Å². The fourth-order valence-electron chi connectivity index (χ4n) is 3.00. The van der Waals surface area contributed by atoms with E-state index in [1.165, 1.54) is 0 Å². The minimum Gasteiger partial charge on any atom is -0.392 e. The fourth-order valence-corrected chi connectivity index (χ4v) is 4.35. The summed E-state index contributed by atoms with van der Waals surface area (Å²) in [6.07, 6.45) is 2.75. The van der Waals surface area contributed by atoms with Crippen LogP contribution in [-0.4, -0.2) is 49.4 Å². The largest absolute Gasteiger partial charge is 0.392 e. The molecule has 2 atom stereocenters. The molecule has 0 saturated carbocycles. The first-order chi connectivity index (χ1) is 9.98. The Labute approximate surface area is 127 Å². The van der Waals surface area contributed by atoms with Crippen LogP contribution in [0.15, 0.2) is 30.3 Å². The van der Waals surface area contributed by atoms with Crippen molar-refractivity contribution in [3.8, 4) is 0 Å². The molecule has 2 rings (SSSR count). The molecule has 21 heavy (non-hydrogen) atoms. The predicted molar refractivity (Wildman–Crippen MR) is 84.8 cm³/mol. The van der Waals surface area contributed by atoms with Crippen LogP contribution in [0.5, 0.6) is 0 Å². The molecular formula is C16H25NO3S. The highest BCUT2D eigenvalue weighted by Crippen LogP contribution is 2.20. The van der Waals surface area contributed by atoms with Gasteiger partial charge in [-0.1, -0.05) is 36.8 Å². The molecule has 1 fully saturated rings. The Morgan fingerprint density at radius 1 is 1.29 bits per heavy atom. The van der Waals surface area contributed by atoms with Gasteiger partial charge in [-0.25, -0.2) is 8.42 Å². The van der Waals surface area contributed by atoms with Gasteiger partial charge >= 0.3 is 0 Å². The summed E-state index contributed by atoms with van der Waals surface area (Å²) in [6, 6.07) is 9.40. The predicted octanol–water partition coefficient (Wildman–Crippen LogP) is 1.84. The third-order valence-corrected chi connectivity index (χ3v) is 5.72. The molecule has 1 aliphatic rings. The number of nitrogens with zero attached hydrogens (tertiary/aromatic N) is 1. The Hall–Kier alpha value is -0.910. The first-order valence-electron chi connectivity index (χ1n) is 7.64. The third-order valence-electron chi connectivity index (χ3n) is 4.14. The molecule has 1 aromatic rings. The minimum atomic E-state index is -3.11. The molecule has 5 heteroatoms. The Balaban J connectivity index is 1.91. The minimum absolute atomic E-state index is 0.0982. The topological polar surface area (TPSA) is 57.6 Å². The number of benzene rings is 1. The summed E-state index contributed by atoms with van der Waals surface area (Å²) in [5.74, 6) is 0.256. The van der Waals surface area contributed by atoms with Crippen molar-refractivity contribution in [2.24, 2.45) is 0 Å². The standard InChI is InChI=1S/C16H25NO3S/c1-14(18)16-9-5-6-10-17(16)11-12-21(19,20)13-15-7-3-2-4-8-15/h2-4,7-8,14,16,18H,5-6,9-13H2,1H3. The summed E-state index contributed by atoms with van der Waals surface area (Å²) < 4.78 is 24.5. The van der Waals surface area contributed by atoms with Gasteiger partial charge in [0, 0.05) is 12.6 Å². The molecule has 0 bridgehead atoms. The van der Waals surface area contributed by atoms with E-state index in [0.29, 0.717) is 6.54 Å². The van der Waals surface area contributed by atoms with Crippen LogP contribution in [0.1, 0.15) is 31.7 Å². The Bertz CT molecular complexity index is 528. The number of rotatable bonds is 6. The SMILES string of the molecule is CC(O)C1CCCCN1CCS(=O)(=O)Cc1ccccc1. The zero-order valence-electron chi connectivity index (χ0n) is 12.6. The van der Waals surface area contributed by atoms with E-state index in [-0.39, 0.29) is 17.5 Å². The summed E-state index contributed by atoms with van der Waals surface area (Å²) in [5.41, 5.74) is 0.836. The van der Waals surface area contributed by atoms with Crippen molar-refractivity contribution in [1.29, 1.82) is 0 Å². The number of likely N-dealkylation sites (tertiary alicyclic amines) is 1. The van der Waals surface area contributed by atoms with Crippen LogP contribution < -0.4 is 0 Å². The number of hydrogen-bond acceptors (Lipinski definition) is 4. The van der Waals surface area contributed by atoms with E-state index in [9.17, 15) is 13.5 Å². The average Bonchev–Trinajstić information content (AvgIpc) is 2.46. The Morgan fingerprint density at radius 2 is 2.00 bits per heavy atom. The molecule has 1 aliphatic heterocycles. The number of hydrogen-bond donors (Lipinski definition) is 1. The van der Waals surface area contributed by atoms with Crippen LogP contribution >= 0.6 is 0 Å². The van der Waals surface area contributed by atoms with Crippen molar-refractivity contribution < 1.29 is 13.5 Å². The second-order valence-corrected chi connectivity index (χ2v) is 8.10. The number of piperidine rings is 1. The van der Waals surface area contributed by atoms with Crippen LogP contribution in [0, 0.1) is 0 Å². The molecule has 4 nitrogen and oxygen atoms in total. The summed E-state index contributed by atoms with van der Waals surface area (Å²) in [6.45, 7) is 3.20. The lowest BCUT2D eigenvalue weighted by atomic mass is 9.98. The van der Waals surface area contributed by atoms with Gasteiger partial charge in [0.25, 0.3) is 0 Å². The smallest absolute Gasteiger partial charge is 0.155 e. The van der Waals surface area contributed by atoms with Gasteiger partial charge in [0.15, 0.2) is 9.84 Å². The van der Waals surface area contributed by atoms with Crippen molar-refractivity contribution in [1.82, 2.24) is 4.90 Å².